The fourth-order valence-electron chi connectivity index (χ4n) is 3.80. The molecule has 2 N–H and O–H groups in total. The van der Waals surface area contributed by atoms with E-state index in [1.807, 2.05) is 69.3 Å². The lowest BCUT2D eigenvalue weighted by Gasteiger charge is -2.41. The van der Waals surface area contributed by atoms with Gasteiger partial charge in [-0.2, -0.15) is 0 Å². The molecule has 0 unspecified atom stereocenters. The molecule has 0 saturated carbocycles. The van der Waals surface area contributed by atoms with Crippen LogP contribution in [0.4, 0.5) is 0 Å². The van der Waals surface area contributed by atoms with Crippen LogP contribution in [0.1, 0.15) is 25.0 Å². The molecule has 3 aromatic rings. The molecular weight excluding hydrogens is 352 g/mol. The van der Waals surface area contributed by atoms with Gasteiger partial charge in [-0.25, -0.2) is 0 Å². The molecule has 0 bridgehead atoms. The second kappa shape index (κ2) is 6.60. The van der Waals surface area contributed by atoms with Crippen LogP contribution in [0.5, 0.6) is 0 Å². The molecule has 1 aromatic heterocycles. The molecule has 0 aliphatic carbocycles. The smallest absolute Gasteiger partial charge is 0.256 e. The first kappa shape index (κ1) is 18.4. The number of pyridine rings is 1. The maximum absolute atomic E-state index is 12.7. The van der Waals surface area contributed by atoms with Gasteiger partial charge in [0.05, 0.1) is 11.5 Å². The summed E-state index contributed by atoms with van der Waals surface area (Å²) in [6, 6.07) is 15.4. The number of aliphatic hydroxyl groups excluding tert-OH is 1. The van der Waals surface area contributed by atoms with Crippen LogP contribution in [0.2, 0.25) is 0 Å². The minimum Gasteiger partial charge on any atom is -0.389 e. The van der Waals surface area contributed by atoms with Crippen LogP contribution < -0.4 is 5.56 Å². The number of H-pyrrole nitrogens is 1. The number of rotatable bonds is 3. The van der Waals surface area contributed by atoms with E-state index in [-0.39, 0.29) is 11.5 Å². The van der Waals surface area contributed by atoms with Crippen molar-refractivity contribution in [1.82, 2.24) is 9.88 Å². The molecule has 1 amide bonds. The van der Waals surface area contributed by atoms with Gasteiger partial charge in [-0.05, 0) is 55.0 Å². The summed E-state index contributed by atoms with van der Waals surface area (Å²) >= 11 is 0. The van der Waals surface area contributed by atoms with Gasteiger partial charge in [0.25, 0.3) is 5.56 Å². The van der Waals surface area contributed by atoms with Crippen LogP contribution in [0.25, 0.3) is 22.0 Å². The first-order valence-electron chi connectivity index (χ1n) is 9.48. The molecular formula is C23H24N2O3. The zero-order valence-corrected chi connectivity index (χ0v) is 16.3. The van der Waals surface area contributed by atoms with Crippen LogP contribution in [0.15, 0.2) is 53.3 Å². The van der Waals surface area contributed by atoms with Crippen molar-refractivity contribution in [1.29, 1.82) is 0 Å². The number of carbonyl (C=O) groups is 1. The second-order valence-electron chi connectivity index (χ2n) is 8.11. The maximum atomic E-state index is 12.7. The number of likely N-dealkylation sites (tertiary alicyclic amines) is 1. The van der Waals surface area contributed by atoms with E-state index >= 15 is 0 Å². The zero-order chi connectivity index (χ0) is 20.1. The quantitative estimate of drug-likeness (QED) is 0.738. The average Bonchev–Trinajstić information content (AvgIpc) is 2.65. The zero-order valence-electron chi connectivity index (χ0n) is 16.3. The number of nitrogens with one attached hydrogen (secondary N) is 1. The largest absolute Gasteiger partial charge is 0.389 e. The highest BCUT2D eigenvalue weighted by Crippen LogP contribution is 2.30. The van der Waals surface area contributed by atoms with Crippen LogP contribution in [-0.4, -0.2) is 40.1 Å². The third-order valence-electron chi connectivity index (χ3n) is 5.71. The second-order valence-corrected chi connectivity index (χ2v) is 8.11. The van der Waals surface area contributed by atoms with Gasteiger partial charge in [0.2, 0.25) is 5.91 Å². The highest BCUT2D eigenvalue weighted by molar-refractivity contribution is 5.89. The van der Waals surface area contributed by atoms with E-state index in [2.05, 4.69) is 4.98 Å². The fourth-order valence-corrected chi connectivity index (χ4v) is 3.80. The van der Waals surface area contributed by atoms with Crippen molar-refractivity contribution in [2.45, 2.75) is 32.3 Å². The highest BCUT2D eigenvalue weighted by Gasteiger charge is 2.39. The Balaban J connectivity index is 1.67. The number of nitrogens with zero attached hydrogens (tertiary/aromatic N) is 1. The summed E-state index contributed by atoms with van der Waals surface area (Å²) < 4.78 is 0. The van der Waals surface area contributed by atoms with E-state index in [0.717, 1.165) is 27.8 Å². The third-order valence-corrected chi connectivity index (χ3v) is 5.71. The summed E-state index contributed by atoms with van der Waals surface area (Å²) in [5.41, 5.74) is 2.84. The summed E-state index contributed by atoms with van der Waals surface area (Å²) in [4.78, 5) is 29.8. The van der Waals surface area contributed by atoms with E-state index in [0.29, 0.717) is 18.5 Å². The predicted octanol–water partition coefficient (Wildman–Crippen LogP) is 2.98. The van der Waals surface area contributed by atoms with E-state index < -0.39 is 11.5 Å². The number of aromatic amines is 1. The standard InChI is InChI=1S/C23H24N2O3/c1-14-5-4-6-18-19(14)11-20(24-21(18)27)15-7-9-16(10-8-15)23(2,3)22(28)25-12-17(26)13-25/h4-11,17,26H,12-13H2,1-3H3,(H,24,27). The molecule has 0 atom stereocenters. The minimum atomic E-state index is -0.675. The molecule has 1 aliphatic heterocycles. The summed E-state index contributed by atoms with van der Waals surface area (Å²) in [6.07, 6.45) is -0.407. The van der Waals surface area contributed by atoms with Crippen molar-refractivity contribution < 1.29 is 9.90 Å². The Morgan fingerprint density at radius 2 is 1.79 bits per heavy atom. The topological polar surface area (TPSA) is 73.4 Å². The summed E-state index contributed by atoms with van der Waals surface area (Å²) in [5.74, 6) is 0.0142. The van der Waals surface area contributed by atoms with Crippen LogP contribution in [-0.2, 0) is 10.2 Å². The lowest BCUT2D eigenvalue weighted by atomic mass is 9.82. The minimum absolute atomic E-state index is 0.0142. The molecule has 28 heavy (non-hydrogen) atoms. The third kappa shape index (κ3) is 3.02. The molecule has 0 spiro atoms. The number of β-amino-alcohol motifs (C(OH)–C–C–N with tert-alkyl or cyclic N) is 1. The van der Waals surface area contributed by atoms with Gasteiger partial charge in [-0.1, -0.05) is 36.4 Å². The first-order chi connectivity index (χ1) is 13.3. The van der Waals surface area contributed by atoms with E-state index in [1.54, 1.807) is 4.90 Å². The van der Waals surface area contributed by atoms with E-state index in [9.17, 15) is 14.7 Å². The van der Waals surface area contributed by atoms with Crippen molar-refractivity contribution in [3.8, 4) is 11.3 Å². The summed E-state index contributed by atoms with van der Waals surface area (Å²) in [7, 11) is 0. The Morgan fingerprint density at radius 1 is 1.11 bits per heavy atom. The van der Waals surface area contributed by atoms with Gasteiger partial charge in [-0.3, -0.25) is 9.59 Å². The normalized spacial score (nSPS) is 14.9. The number of aliphatic hydroxyl groups is 1. The van der Waals surface area contributed by atoms with Crippen LogP contribution >= 0.6 is 0 Å². The van der Waals surface area contributed by atoms with Crippen molar-refractivity contribution in [3.05, 3.63) is 70.0 Å². The van der Waals surface area contributed by atoms with Gasteiger partial charge < -0.3 is 15.0 Å². The molecule has 4 rings (SSSR count). The average molecular weight is 376 g/mol. The van der Waals surface area contributed by atoms with Gasteiger partial charge in [0.15, 0.2) is 0 Å². The first-order valence-corrected chi connectivity index (χ1v) is 9.48. The molecule has 1 saturated heterocycles. The number of hydrogen-bond acceptors (Lipinski definition) is 3. The summed E-state index contributed by atoms with van der Waals surface area (Å²) in [5, 5.41) is 11.1. The van der Waals surface area contributed by atoms with Crippen molar-refractivity contribution in [3.63, 3.8) is 0 Å². The molecule has 0 radical (unpaired) electrons. The number of aryl methyl sites for hydroxylation is 1. The Kier molecular flexibility index (Phi) is 4.35. The van der Waals surface area contributed by atoms with Gasteiger partial charge in [0, 0.05) is 24.2 Å². The Hall–Kier alpha value is -2.92. The molecule has 1 aliphatic rings. The number of carbonyl (C=O) groups excluding carboxylic acids is 1. The molecule has 144 valence electrons. The highest BCUT2D eigenvalue weighted by atomic mass is 16.3. The lowest BCUT2D eigenvalue weighted by molar-refractivity contribution is -0.146. The Bertz CT molecular complexity index is 1110. The molecule has 2 aromatic carbocycles. The van der Waals surface area contributed by atoms with E-state index in [4.69, 9.17) is 0 Å². The summed E-state index contributed by atoms with van der Waals surface area (Å²) in [6.45, 7) is 6.60. The molecule has 5 heteroatoms. The molecule has 1 fully saturated rings. The number of fused-ring (bicyclic) bond motifs is 1. The SMILES string of the molecule is Cc1cccc2c(=O)[nH]c(-c3ccc(C(C)(C)C(=O)N4CC(O)C4)cc3)cc12. The fraction of sp³-hybridized carbons (Fsp3) is 0.304. The lowest BCUT2D eigenvalue weighted by Crippen LogP contribution is -2.57. The van der Waals surface area contributed by atoms with Gasteiger partial charge in [0.1, 0.15) is 0 Å². The van der Waals surface area contributed by atoms with Gasteiger partial charge in [-0.15, -0.1) is 0 Å². The Morgan fingerprint density at radius 3 is 2.43 bits per heavy atom. The maximum Gasteiger partial charge on any atom is 0.256 e. The number of benzene rings is 2. The number of aromatic nitrogens is 1. The number of hydrogen-bond donors (Lipinski definition) is 2. The predicted molar refractivity (Wildman–Crippen MR) is 110 cm³/mol. The molecule has 5 nitrogen and oxygen atoms in total. The number of amides is 1. The van der Waals surface area contributed by atoms with Crippen molar-refractivity contribution in [2.75, 3.05) is 13.1 Å². The van der Waals surface area contributed by atoms with Gasteiger partial charge >= 0.3 is 0 Å². The van der Waals surface area contributed by atoms with Crippen molar-refractivity contribution >= 4 is 16.7 Å². The molecule has 2 heterocycles. The van der Waals surface area contributed by atoms with Crippen LogP contribution in [0, 0.1) is 6.92 Å². The monoisotopic (exact) mass is 376 g/mol. The van der Waals surface area contributed by atoms with Crippen LogP contribution in [0.3, 0.4) is 0 Å². The van der Waals surface area contributed by atoms with Crippen molar-refractivity contribution in [2.24, 2.45) is 0 Å². The van der Waals surface area contributed by atoms with E-state index in [1.165, 1.54) is 0 Å². The Labute approximate surface area is 163 Å².